The van der Waals surface area contributed by atoms with Gasteiger partial charge in [0.2, 0.25) is 5.91 Å². The highest BCUT2D eigenvalue weighted by Crippen LogP contribution is 2.18. The first kappa shape index (κ1) is 14.6. The average Bonchev–Trinajstić information content (AvgIpc) is 2.95. The lowest BCUT2D eigenvalue weighted by Crippen LogP contribution is -2.30. The molecule has 1 fully saturated rings. The molecule has 2 heterocycles. The first-order chi connectivity index (χ1) is 10.5. The molecule has 1 aromatic carbocycles. The summed E-state index contributed by atoms with van der Waals surface area (Å²) in [7, 11) is 1.84. The van der Waals surface area contributed by atoms with Gasteiger partial charge in [0.25, 0.3) is 0 Å². The van der Waals surface area contributed by atoms with E-state index in [9.17, 15) is 4.79 Å². The Balaban J connectivity index is 1.73. The third kappa shape index (κ3) is 2.95. The molecule has 0 radical (unpaired) electrons. The predicted molar refractivity (Wildman–Crippen MR) is 84.7 cm³/mol. The maximum atomic E-state index is 12.0. The predicted octanol–water partition coefficient (Wildman–Crippen LogP) is 1.59. The minimum atomic E-state index is -0.115. The zero-order valence-electron chi connectivity index (χ0n) is 13.2. The van der Waals surface area contributed by atoms with Crippen LogP contribution in [0.2, 0.25) is 0 Å². The molecule has 2 aromatic rings. The first-order valence-corrected chi connectivity index (χ1v) is 7.51. The Morgan fingerprint density at radius 1 is 1.36 bits per heavy atom. The van der Waals surface area contributed by atoms with Gasteiger partial charge in [-0.1, -0.05) is 12.1 Å². The van der Waals surface area contributed by atoms with Crippen molar-refractivity contribution >= 4 is 11.6 Å². The van der Waals surface area contributed by atoms with E-state index in [2.05, 4.69) is 27.5 Å². The summed E-state index contributed by atoms with van der Waals surface area (Å²) in [6.45, 7) is 5.34. The lowest BCUT2D eigenvalue weighted by Gasteiger charge is -2.14. The Kier molecular flexibility index (Phi) is 3.83. The molecule has 6 heteroatoms. The molecule has 6 nitrogen and oxygen atoms in total. The van der Waals surface area contributed by atoms with Gasteiger partial charge in [-0.25, -0.2) is 9.67 Å². The highest BCUT2D eigenvalue weighted by atomic mass is 16.2. The van der Waals surface area contributed by atoms with Crippen LogP contribution in [-0.2, 0) is 11.3 Å². The second-order valence-corrected chi connectivity index (χ2v) is 5.81. The molecule has 1 aliphatic heterocycles. The lowest BCUT2D eigenvalue weighted by atomic mass is 10.1. The number of anilines is 1. The number of carbonyl (C=O) groups excluding carboxylic acids is 1. The zero-order chi connectivity index (χ0) is 15.7. The van der Waals surface area contributed by atoms with Crippen LogP contribution >= 0.6 is 0 Å². The van der Waals surface area contributed by atoms with Crippen LogP contribution in [0.5, 0.6) is 0 Å². The molecule has 0 spiro atoms. The number of aryl methyl sites for hydroxylation is 2. The van der Waals surface area contributed by atoms with Gasteiger partial charge in [-0.2, -0.15) is 5.10 Å². The third-order valence-corrected chi connectivity index (χ3v) is 3.99. The number of rotatable bonds is 4. The topological polar surface area (TPSA) is 63.1 Å². The van der Waals surface area contributed by atoms with E-state index in [-0.39, 0.29) is 11.9 Å². The molecule has 1 saturated heterocycles. The van der Waals surface area contributed by atoms with Crippen molar-refractivity contribution in [1.82, 2.24) is 19.7 Å². The average molecular weight is 299 g/mol. The minimum Gasteiger partial charge on any atom is -0.374 e. The highest BCUT2D eigenvalue weighted by molar-refractivity contribution is 5.86. The SMILES string of the molecule is Cc1nc(C)n(Cc2cccc(N[C@@H]3CCN(C)C3=O)c2)n1. The molecule has 1 aromatic heterocycles. The van der Waals surface area contributed by atoms with Gasteiger partial charge in [0.1, 0.15) is 17.7 Å². The summed E-state index contributed by atoms with van der Waals surface area (Å²) in [6, 6.07) is 8.01. The van der Waals surface area contributed by atoms with Gasteiger partial charge in [0.05, 0.1) is 6.54 Å². The Morgan fingerprint density at radius 2 is 2.18 bits per heavy atom. The summed E-state index contributed by atoms with van der Waals surface area (Å²) in [5.74, 6) is 1.85. The smallest absolute Gasteiger partial charge is 0.244 e. The molecule has 0 aliphatic carbocycles. The summed E-state index contributed by atoms with van der Waals surface area (Å²) in [4.78, 5) is 18.1. The van der Waals surface area contributed by atoms with Crippen LogP contribution in [0.25, 0.3) is 0 Å². The van der Waals surface area contributed by atoms with Crippen LogP contribution in [0.15, 0.2) is 24.3 Å². The Hall–Kier alpha value is -2.37. The van der Waals surface area contributed by atoms with Crippen molar-refractivity contribution in [3.63, 3.8) is 0 Å². The summed E-state index contributed by atoms with van der Waals surface area (Å²) < 4.78 is 1.89. The van der Waals surface area contributed by atoms with Gasteiger partial charge in [-0.05, 0) is 38.0 Å². The molecule has 0 saturated carbocycles. The van der Waals surface area contributed by atoms with Gasteiger partial charge in [-0.3, -0.25) is 4.79 Å². The number of hydrogen-bond acceptors (Lipinski definition) is 4. The van der Waals surface area contributed by atoms with Gasteiger partial charge in [-0.15, -0.1) is 0 Å². The first-order valence-electron chi connectivity index (χ1n) is 7.51. The maximum Gasteiger partial charge on any atom is 0.244 e. The van der Waals surface area contributed by atoms with E-state index in [0.717, 1.165) is 35.9 Å². The van der Waals surface area contributed by atoms with Crippen molar-refractivity contribution in [2.24, 2.45) is 0 Å². The van der Waals surface area contributed by atoms with Gasteiger partial charge in [0, 0.05) is 19.3 Å². The van der Waals surface area contributed by atoms with Crippen LogP contribution in [0, 0.1) is 13.8 Å². The fourth-order valence-electron chi connectivity index (χ4n) is 2.80. The number of benzene rings is 1. The van der Waals surface area contributed by atoms with Crippen molar-refractivity contribution < 1.29 is 4.79 Å². The molecule has 1 aliphatic rings. The Morgan fingerprint density at radius 3 is 2.82 bits per heavy atom. The fourth-order valence-corrected chi connectivity index (χ4v) is 2.80. The van der Waals surface area contributed by atoms with E-state index < -0.39 is 0 Å². The van der Waals surface area contributed by atoms with Crippen molar-refractivity contribution in [2.75, 3.05) is 18.9 Å². The second-order valence-electron chi connectivity index (χ2n) is 5.81. The van der Waals surface area contributed by atoms with Crippen molar-refractivity contribution in [3.05, 3.63) is 41.5 Å². The number of amides is 1. The number of carbonyl (C=O) groups is 1. The highest BCUT2D eigenvalue weighted by Gasteiger charge is 2.28. The van der Waals surface area contributed by atoms with Gasteiger partial charge in [0.15, 0.2) is 0 Å². The van der Waals surface area contributed by atoms with Crippen LogP contribution in [0.3, 0.4) is 0 Å². The second kappa shape index (κ2) is 5.79. The molecule has 22 heavy (non-hydrogen) atoms. The maximum absolute atomic E-state index is 12.0. The van der Waals surface area contributed by atoms with E-state index in [0.29, 0.717) is 6.54 Å². The molecule has 1 amide bonds. The number of aromatic nitrogens is 3. The molecule has 0 unspecified atom stereocenters. The monoisotopic (exact) mass is 299 g/mol. The molecule has 0 bridgehead atoms. The quantitative estimate of drug-likeness (QED) is 0.931. The van der Waals surface area contributed by atoms with Crippen LogP contribution in [0.4, 0.5) is 5.69 Å². The summed E-state index contributed by atoms with van der Waals surface area (Å²) in [5, 5.41) is 7.72. The molecule has 1 atom stereocenters. The van der Waals surface area contributed by atoms with Crippen molar-refractivity contribution in [1.29, 1.82) is 0 Å². The lowest BCUT2D eigenvalue weighted by molar-refractivity contribution is -0.127. The minimum absolute atomic E-state index is 0.115. The van der Waals surface area contributed by atoms with E-state index in [1.54, 1.807) is 4.90 Å². The van der Waals surface area contributed by atoms with Gasteiger partial charge < -0.3 is 10.2 Å². The largest absolute Gasteiger partial charge is 0.374 e. The molecular formula is C16H21N5O. The van der Waals surface area contributed by atoms with Crippen molar-refractivity contribution in [2.45, 2.75) is 32.9 Å². The molecule has 3 rings (SSSR count). The summed E-state index contributed by atoms with van der Waals surface area (Å²) >= 11 is 0. The normalized spacial score (nSPS) is 18.0. The molecular weight excluding hydrogens is 278 g/mol. The summed E-state index contributed by atoms with van der Waals surface area (Å²) in [6.07, 6.45) is 0.848. The van der Waals surface area contributed by atoms with Crippen LogP contribution in [0.1, 0.15) is 23.6 Å². The van der Waals surface area contributed by atoms with Crippen LogP contribution in [-0.4, -0.2) is 45.2 Å². The van der Waals surface area contributed by atoms with E-state index in [1.807, 2.05) is 37.7 Å². The number of nitrogens with zero attached hydrogens (tertiary/aromatic N) is 4. The Bertz CT molecular complexity index is 694. The van der Waals surface area contributed by atoms with E-state index in [4.69, 9.17) is 0 Å². The van der Waals surface area contributed by atoms with E-state index >= 15 is 0 Å². The fraction of sp³-hybridized carbons (Fsp3) is 0.438. The molecule has 116 valence electrons. The van der Waals surface area contributed by atoms with E-state index in [1.165, 1.54) is 0 Å². The number of hydrogen-bond donors (Lipinski definition) is 1. The number of nitrogens with one attached hydrogen (secondary N) is 1. The van der Waals surface area contributed by atoms with Gasteiger partial charge >= 0.3 is 0 Å². The summed E-state index contributed by atoms with van der Waals surface area (Å²) in [5.41, 5.74) is 2.11. The molecule has 1 N–H and O–H groups in total. The standard InChI is InChI=1S/C16H21N5O/c1-11-17-12(2)21(19-11)10-13-5-4-6-14(9-13)18-15-7-8-20(3)16(15)22/h4-6,9,15,18H,7-8,10H2,1-3H3/t15-/m1/s1. The number of likely N-dealkylation sites (N-methyl/N-ethyl adjacent to an activating group) is 1. The van der Waals surface area contributed by atoms with Crippen LogP contribution < -0.4 is 5.32 Å². The van der Waals surface area contributed by atoms with Crippen molar-refractivity contribution in [3.8, 4) is 0 Å². The third-order valence-electron chi connectivity index (χ3n) is 3.99. The number of likely N-dealkylation sites (tertiary alicyclic amines) is 1. The zero-order valence-corrected chi connectivity index (χ0v) is 13.2. The Labute approximate surface area is 130 Å².